The Kier molecular flexibility index (Phi) is 3.76. The molecular formula is C13H18N2O2. The fourth-order valence-corrected chi connectivity index (χ4v) is 2.31. The van der Waals surface area contributed by atoms with Crippen LogP contribution in [0.15, 0.2) is 30.3 Å². The van der Waals surface area contributed by atoms with Gasteiger partial charge in [-0.1, -0.05) is 30.3 Å². The molecule has 0 radical (unpaired) electrons. The molecule has 0 spiro atoms. The first-order valence-corrected chi connectivity index (χ1v) is 5.86. The highest BCUT2D eigenvalue weighted by Gasteiger charge is 2.27. The molecule has 92 valence electrons. The third-order valence-corrected chi connectivity index (χ3v) is 3.22. The number of benzene rings is 1. The number of piperazine rings is 1. The van der Waals surface area contributed by atoms with Gasteiger partial charge in [0.25, 0.3) is 0 Å². The van der Waals surface area contributed by atoms with Crippen molar-refractivity contribution < 1.29 is 9.90 Å². The van der Waals surface area contributed by atoms with Crippen molar-refractivity contribution >= 4 is 5.97 Å². The zero-order valence-corrected chi connectivity index (χ0v) is 10.0. The fourth-order valence-electron chi connectivity index (χ4n) is 2.31. The van der Waals surface area contributed by atoms with Gasteiger partial charge in [0.2, 0.25) is 0 Å². The molecule has 0 aliphatic carbocycles. The van der Waals surface area contributed by atoms with E-state index in [0.717, 1.165) is 19.6 Å². The lowest BCUT2D eigenvalue weighted by Crippen LogP contribution is -2.48. The predicted octanol–water partition coefficient (Wildman–Crippen LogP) is 1.06. The molecule has 0 unspecified atom stereocenters. The maximum atomic E-state index is 10.9. The second kappa shape index (κ2) is 5.29. The van der Waals surface area contributed by atoms with Crippen molar-refractivity contribution in [2.75, 3.05) is 33.2 Å². The molecule has 1 saturated heterocycles. The van der Waals surface area contributed by atoms with Gasteiger partial charge in [-0.05, 0) is 12.6 Å². The van der Waals surface area contributed by atoms with E-state index in [9.17, 15) is 4.79 Å². The van der Waals surface area contributed by atoms with Crippen molar-refractivity contribution in [3.8, 4) is 0 Å². The molecule has 1 aromatic carbocycles. The summed E-state index contributed by atoms with van der Waals surface area (Å²) in [7, 11) is 2.08. The molecule has 0 saturated carbocycles. The van der Waals surface area contributed by atoms with Crippen molar-refractivity contribution in [3.63, 3.8) is 0 Å². The quantitative estimate of drug-likeness (QED) is 0.849. The van der Waals surface area contributed by atoms with E-state index >= 15 is 0 Å². The van der Waals surface area contributed by atoms with E-state index in [4.69, 9.17) is 5.11 Å². The van der Waals surface area contributed by atoms with E-state index in [2.05, 4.69) is 24.1 Å². The number of carboxylic acids is 1. The number of aliphatic carboxylic acids is 1. The summed E-state index contributed by atoms with van der Waals surface area (Å²) >= 11 is 0. The zero-order chi connectivity index (χ0) is 12.3. The minimum Gasteiger partial charge on any atom is -0.480 e. The van der Waals surface area contributed by atoms with Crippen LogP contribution in [0.5, 0.6) is 0 Å². The van der Waals surface area contributed by atoms with Crippen LogP contribution in [0, 0.1) is 0 Å². The van der Waals surface area contributed by atoms with Gasteiger partial charge in [-0.15, -0.1) is 0 Å². The summed E-state index contributed by atoms with van der Waals surface area (Å²) in [4.78, 5) is 15.2. The van der Waals surface area contributed by atoms with Crippen LogP contribution in [-0.2, 0) is 4.79 Å². The van der Waals surface area contributed by atoms with Gasteiger partial charge < -0.3 is 10.0 Å². The van der Waals surface area contributed by atoms with Gasteiger partial charge in [0.15, 0.2) is 0 Å². The topological polar surface area (TPSA) is 43.8 Å². The van der Waals surface area contributed by atoms with Gasteiger partial charge in [-0.2, -0.15) is 0 Å². The predicted molar refractivity (Wildman–Crippen MR) is 65.9 cm³/mol. The third kappa shape index (κ3) is 3.05. The van der Waals surface area contributed by atoms with Gasteiger partial charge in [0.05, 0.1) is 6.54 Å². The van der Waals surface area contributed by atoms with Crippen LogP contribution < -0.4 is 0 Å². The van der Waals surface area contributed by atoms with E-state index in [1.165, 1.54) is 5.56 Å². The standard InChI is InChI=1S/C13H18N2O2/c1-14-7-8-15(10-13(16)17)12(9-14)11-5-3-2-4-6-11/h2-6,12H,7-10H2,1H3,(H,16,17)/t12-/m0/s1. The molecule has 4 heteroatoms. The van der Waals surface area contributed by atoms with E-state index in [1.54, 1.807) is 0 Å². The lowest BCUT2D eigenvalue weighted by atomic mass is 10.0. The van der Waals surface area contributed by atoms with Crippen molar-refractivity contribution in [1.29, 1.82) is 0 Å². The van der Waals surface area contributed by atoms with Crippen LogP contribution in [0.1, 0.15) is 11.6 Å². The summed E-state index contributed by atoms with van der Waals surface area (Å²) in [6.45, 7) is 2.74. The van der Waals surface area contributed by atoms with E-state index in [0.29, 0.717) is 0 Å². The highest BCUT2D eigenvalue weighted by Crippen LogP contribution is 2.24. The minimum atomic E-state index is -0.754. The Labute approximate surface area is 101 Å². The Morgan fingerprint density at radius 3 is 2.71 bits per heavy atom. The van der Waals surface area contributed by atoms with Crippen molar-refractivity contribution in [1.82, 2.24) is 9.80 Å². The molecule has 4 nitrogen and oxygen atoms in total. The second-order valence-electron chi connectivity index (χ2n) is 4.55. The first-order chi connectivity index (χ1) is 8.16. The van der Waals surface area contributed by atoms with Crippen LogP contribution in [0.3, 0.4) is 0 Å². The number of rotatable bonds is 3. The molecule has 1 heterocycles. The Hall–Kier alpha value is -1.39. The molecule has 0 aromatic heterocycles. The molecule has 1 N–H and O–H groups in total. The third-order valence-electron chi connectivity index (χ3n) is 3.22. The van der Waals surface area contributed by atoms with E-state index < -0.39 is 5.97 Å². The van der Waals surface area contributed by atoms with Crippen LogP contribution in [0.25, 0.3) is 0 Å². The Morgan fingerprint density at radius 1 is 1.35 bits per heavy atom. The fraction of sp³-hybridized carbons (Fsp3) is 0.462. The molecule has 2 rings (SSSR count). The number of carboxylic acid groups (broad SMARTS) is 1. The summed E-state index contributed by atoms with van der Waals surface area (Å²) in [6, 6.07) is 10.3. The number of hydrogen-bond donors (Lipinski definition) is 1. The Balaban J connectivity index is 2.17. The summed E-state index contributed by atoms with van der Waals surface area (Å²) in [6.07, 6.45) is 0. The molecule has 1 atom stereocenters. The normalized spacial score (nSPS) is 22.5. The molecule has 0 bridgehead atoms. The van der Waals surface area contributed by atoms with Crippen molar-refractivity contribution in [2.45, 2.75) is 6.04 Å². The minimum absolute atomic E-state index is 0.118. The average molecular weight is 234 g/mol. The van der Waals surface area contributed by atoms with E-state index in [1.807, 2.05) is 23.1 Å². The molecule has 1 aromatic rings. The molecular weight excluding hydrogens is 216 g/mol. The Morgan fingerprint density at radius 2 is 2.06 bits per heavy atom. The lowest BCUT2D eigenvalue weighted by molar-refractivity contribution is -0.139. The number of hydrogen-bond acceptors (Lipinski definition) is 3. The highest BCUT2D eigenvalue weighted by molar-refractivity contribution is 5.69. The summed E-state index contributed by atoms with van der Waals surface area (Å²) in [5, 5.41) is 8.94. The number of nitrogens with zero attached hydrogens (tertiary/aromatic N) is 2. The SMILES string of the molecule is CN1CCN(CC(=O)O)[C@H](c2ccccc2)C1. The maximum absolute atomic E-state index is 10.9. The van der Waals surface area contributed by atoms with Gasteiger partial charge in [0.1, 0.15) is 0 Å². The monoisotopic (exact) mass is 234 g/mol. The summed E-state index contributed by atoms with van der Waals surface area (Å²) in [5.41, 5.74) is 1.19. The maximum Gasteiger partial charge on any atom is 0.317 e. The van der Waals surface area contributed by atoms with Crippen molar-refractivity contribution in [3.05, 3.63) is 35.9 Å². The molecule has 0 amide bonds. The molecule has 17 heavy (non-hydrogen) atoms. The van der Waals surface area contributed by atoms with Gasteiger partial charge >= 0.3 is 5.97 Å². The molecule has 1 fully saturated rings. The number of carbonyl (C=O) groups is 1. The molecule has 1 aliphatic rings. The number of likely N-dealkylation sites (N-methyl/N-ethyl adjacent to an activating group) is 1. The lowest BCUT2D eigenvalue weighted by Gasteiger charge is -2.39. The highest BCUT2D eigenvalue weighted by atomic mass is 16.4. The van der Waals surface area contributed by atoms with Crippen LogP contribution in [0.2, 0.25) is 0 Å². The first kappa shape index (κ1) is 12.1. The van der Waals surface area contributed by atoms with Crippen LogP contribution >= 0.6 is 0 Å². The average Bonchev–Trinajstić information content (AvgIpc) is 2.32. The summed E-state index contributed by atoms with van der Waals surface area (Å²) < 4.78 is 0. The molecule has 1 aliphatic heterocycles. The smallest absolute Gasteiger partial charge is 0.317 e. The summed E-state index contributed by atoms with van der Waals surface area (Å²) in [5.74, 6) is -0.754. The largest absolute Gasteiger partial charge is 0.480 e. The van der Waals surface area contributed by atoms with Gasteiger partial charge in [-0.25, -0.2) is 0 Å². The van der Waals surface area contributed by atoms with E-state index in [-0.39, 0.29) is 12.6 Å². The zero-order valence-electron chi connectivity index (χ0n) is 10.0. The second-order valence-corrected chi connectivity index (χ2v) is 4.55. The van der Waals surface area contributed by atoms with Crippen molar-refractivity contribution in [2.24, 2.45) is 0 Å². The first-order valence-electron chi connectivity index (χ1n) is 5.86. The van der Waals surface area contributed by atoms with Crippen LogP contribution in [0.4, 0.5) is 0 Å². The van der Waals surface area contributed by atoms with Gasteiger partial charge in [-0.3, -0.25) is 9.69 Å². The van der Waals surface area contributed by atoms with Gasteiger partial charge in [0, 0.05) is 25.7 Å². The van der Waals surface area contributed by atoms with Crippen LogP contribution in [-0.4, -0.2) is 54.1 Å². The Bertz CT molecular complexity index is 380.